The van der Waals surface area contributed by atoms with E-state index >= 15 is 0 Å². The molecule has 1 amide bonds. The van der Waals surface area contributed by atoms with E-state index in [2.05, 4.69) is 12.2 Å². The second kappa shape index (κ2) is 8.67. The first kappa shape index (κ1) is 20.2. The summed E-state index contributed by atoms with van der Waals surface area (Å²) in [4.78, 5) is 12.2. The third kappa shape index (κ3) is 5.05. The van der Waals surface area contributed by atoms with E-state index in [9.17, 15) is 17.6 Å². The molecule has 0 aliphatic carbocycles. The van der Waals surface area contributed by atoms with Gasteiger partial charge in [-0.1, -0.05) is 19.1 Å². The van der Waals surface area contributed by atoms with Crippen LogP contribution >= 0.6 is 0 Å². The van der Waals surface area contributed by atoms with Crippen LogP contribution in [0.2, 0.25) is 0 Å². The molecule has 0 unspecified atom stereocenters. The molecule has 0 bridgehead atoms. The van der Waals surface area contributed by atoms with Crippen molar-refractivity contribution in [3.05, 3.63) is 66.0 Å². The van der Waals surface area contributed by atoms with Crippen molar-refractivity contribution in [2.75, 3.05) is 18.4 Å². The molecule has 5 nitrogen and oxygen atoms in total. The highest BCUT2D eigenvalue weighted by Crippen LogP contribution is 2.24. The molecule has 1 saturated heterocycles. The predicted molar refractivity (Wildman–Crippen MR) is 108 cm³/mol. The Kier molecular flexibility index (Phi) is 6.26. The summed E-state index contributed by atoms with van der Waals surface area (Å²) in [6.07, 6.45) is 4.65. The van der Waals surface area contributed by atoms with Crippen LogP contribution in [-0.2, 0) is 14.8 Å². The predicted octanol–water partition coefficient (Wildman–Crippen LogP) is 3.90. The van der Waals surface area contributed by atoms with Gasteiger partial charge >= 0.3 is 0 Å². The molecule has 1 heterocycles. The van der Waals surface area contributed by atoms with Crippen molar-refractivity contribution >= 4 is 27.7 Å². The Hall–Kier alpha value is -2.51. The van der Waals surface area contributed by atoms with Crippen LogP contribution in [0.25, 0.3) is 6.08 Å². The first-order valence-corrected chi connectivity index (χ1v) is 10.6. The Morgan fingerprint density at radius 1 is 1.07 bits per heavy atom. The highest BCUT2D eigenvalue weighted by Gasteiger charge is 2.27. The molecule has 1 aliphatic heterocycles. The number of benzene rings is 2. The summed E-state index contributed by atoms with van der Waals surface area (Å²) in [5.41, 5.74) is 1.20. The van der Waals surface area contributed by atoms with E-state index in [1.165, 1.54) is 34.6 Å². The van der Waals surface area contributed by atoms with Gasteiger partial charge in [-0.05, 0) is 66.8 Å². The first-order valence-electron chi connectivity index (χ1n) is 9.19. The highest BCUT2D eigenvalue weighted by atomic mass is 32.2. The number of nitrogens with one attached hydrogen (secondary N) is 1. The summed E-state index contributed by atoms with van der Waals surface area (Å²) in [7, 11) is -3.50. The maximum absolute atomic E-state index is 12.9. The van der Waals surface area contributed by atoms with Gasteiger partial charge in [-0.2, -0.15) is 4.31 Å². The average molecular weight is 402 g/mol. The molecule has 1 N–H and O–H groups in total. The lowest BCUT2D eigenvalue weighted by Gasteiger charge is -2.29. The molecular weight excluding hydrogens is 379 g/mol. The van der Waals surface area contributed by atoms with Crippen LogP contribution in [0.3, 0.4) is 0 Å². The van der Waals surface area contributed by atoms with Gasteiger partial charge in [0.1, 0.15) is 5.82 Å². The summed E-state index contributed by atoms with van der Waals surface area (Å²) < 4.78 is 39.8. The number of piperidine rings is 1. The van der Waals surface area contributed by atoms with Gasteiger partial charge in [0.05, 0.1) is 4.90 Å². The van der Waals surface area contributed by atoms with Crippen molar-refractivity contribution in [3.8, 4) is 0 Å². The monoisotopic (exact) mass is 402 g/mol. The second-order valence-electron chi connectivity index (χ2n) is 6.99. The van der Waals surface area contributed by atoms with Crippen molar-refractivity contribution in [2.45, 2.75) is 24.7 Å². The molecule has 0 aromatic heterocycles. The zero-order valence-electron chi connectivity index (χ0n) is 15.6. The molecule has 148 valence electrons. The molecule has 7 heteroatoms. The van der Waals surface area contributed by atoms with E-state index in [1.807, 2.05) is 0 Å². The van der Waals surface area contributed by atoms with Gasteiger partial charge in [0, 0.05) is 24.9 Å². The normalized spacial score (nSPS) is 16.4. The average Bonchev–Trinajstić information content (AvgIpc) is 2.68. The zero-order valence-corrected chi connectivity index (χ0v) is 16.5. The van der Waals surface area contributed by atoms with E-state index < -0.39 is 10.0 Å². The van der Waals surface area contributed by atoms with E-state index in [4.69, 9.17) is 0 Å². The largest absolute Gasteiger partial charge is 0.323 e. The minimum absolute atomic E-state index is 0.224. The molecule has 0 radical (unpaired) electrons. The lowest BCUT2D eigenvalue weighted by atomic mass is 10.0. The smallest absolute Gasteiger partial charge is 0.248 e. The first-order chi connectivity index (χ1) is 13.3. The molecule has 3 rings (SSSR count). The Morgan fingerprint density at radius 3 is 2.29 bits per heavy atom. The van der Waals surface area contributed by atoms with Crippen molar-refractivity contribution in [1.82, 2.24) is 4.31 Å². The number of amides is 1. The maximum Gasteiger partial charge on any atom is 0.248 e. The number of hydrogen-bond donors (Lipinski definition) is 1. The molecule has 0 atom stereocenters. The lowest BCUT2D eigenvalue weighted by Crippen LogP contribution is -2.37. The standard InChI is InChI=1S/C21H23FN2O3S/c1-16-12-14-24(15-13-16)28(26,27)20-9-7-19(8-10-20)23-21(25)11-4-17-2-5-18(22)6-3-17/h2-11,16H,12-15H2,1H3,(H,23,25)/b11-4+. The van der Waals surface area contributed by atoms with Crippen LogP contribution in [0.1, 0.15) is 25.3 Å². The van der Waals surface area contributed by atoms with Crippen molar-refractivity contribution in [3.63, 3.8) is 0 Å². The van der Waals surface area contributed by atoms with Crippen molar-refractivity contribution in [1.29, 1.82) is 0 Å². The van der Waals surface area contributed by atoms with Gasteiger partial charge in [0.25, 0.3) is 0 Å². The number of halogens is 1. The summed E-state index contributed by atoms with van der Waals surface area (Å²) in [6, 6.07) is 11.9. The maximum atomic E-state index is 12.9. The van der Waals surface area contributed by atoms with Crippen molar-refractivity contribution < 1.29 is 17.6 Å². The van der Waals surface area contributed by atoms with Gasteiger partial charge < -0.3 is 5.32 Å². The van der Waals surface area contributed by atoms with E-state index in [0.29, 0.717) is 30.3 Å². The SMILES string of the molecule is CC1CCN(S(=O)(=O)c2ccc(NC(=O)/C=C/c3ccc(F)cc3)cc2)CC1. The lowest BCUT2D eigenvalue weighted by molar-refractivity contribution is -0.111. The Morgan fingerprint density at radius 2 is 1.68 bits per heavy atom. The molecule has 28 heavy (non-hydrogen) atoms. The minimum Gasteiger partial charge on any atom is -0.323 e. The topological polar surface area (TPSA) is 66.5 Å². The Labute approximate surface area is 164 Å². The fraction of sp³-hybridized carbons (Fsp3) is 0.286. The third-order valence-corrected chi connectivity index (χ3v) is 6.71. The minimum atomic E-state index is -3.50. The Balaban J connectivity index is 1.62. The third-order valence-electron chi connectivity index (χ3n) is 4.80. The van der Waals surface area contributed by atoms with E-state index in [0.717, 1.165) is 12.8 Å². The quantitative estimate of drug-likeness (QED) is 0.772. The fourth-order valence-corrected chi connectivity index (χ4v) is 4.48. The van der Waals surface area contributed by atoms with Crippen LogP contribution in [-0.4, -0.2) is 31.7 Å². The van der Waals surface area contributed by atoms with Crippen LogP contribution in [0.5, 0.6) is 0 Å². The van der Waals surface area contributed by atoms with Crippen LogP contribution in [0.15, 0.2) is 59.5 Å². The molecule has 0 saturated carbocycles. The number of carbonyl (C=O) groups is 1. The number of hydrogen-bond acceptors (Lipinski definition) is 3. The summed E-state index contributed by atoms with van der Waals surface area (Å²) >= 11 is 0. The molecule has 0 spiro atoms. The summed E-state index contributed by atoms with van der Waals surface area (Å²) in [5, 5.41) is 2.68. The number of anilines is 1. The fourth-order valence-electron chi connectivity index (χ4n) is 3.01. The highest BCUT2D eigenvalue weighted by molar-refractivity contribution is 7.89. The van der Waals surface area contributed by atoms with Gasteiger partial charge in [0.2, 0.25) is 15.9 Å². The number of carbonyl (C=O) groups excluding carboxylic acids is 1. The van der Waals surface area contributed by atoms with Crippen LogP contribution < -0.4 is 5.32 Å². The van der Waals surface area contributed by atoms with Crippen LogP contribution in [0, 0.1) is 11.7 Å². The van der Waals surface area contributed by atoms with Gasteiger partial charge in [0.15, 0.2) is 0 Å². The Bertz CT molecular complexity index is 946. The second-order valence-corrected chi connectivity index (χ2v) is 8.92. The molecule has 1 aliphatic rings. The number of nitrogens with zero attached hydrogens (tertiary/aromatic N) is 1. The summed E-state index contributed by atoms with van der Waals surface area (Å²) in [5.74, 6) is -0.146. The van der Waals surface area contributed by atoms with Gasteiger partial charge in [-0.15, -0.1) is 0 Å². The molecule has 1 fully saturated rings. The number of sulfonamides is 1. The molecule has 2 aromatic rings. The number of rotatable bonds is 5. The van der Waals surface area contributed by atoms with Crippen molar-refractivity contribution in [2.24, 2.45) is 5.92 Å². The summed E-state index contributed by atoms with van der Waals surface area (Å²) in [6.45, 7) is 3.21. The molecular formula is C21H23FN2O3S. The van der Waals surface area contributed by atoms with Gasteiger partial charge in [-0.3, -0.25) is 4.79 Å². The molecule has 2 aromatic carbocycles. The van der Waals surface area contributed by atoms with Crippen LogP contribution in [0.4, 0.5) is 10.1 Å². The van der Waals surface area contributed by atoms with E-state index in [1.54, 1.807) is 30.3 Å². The van der Waals surface area contributed by atoms with Gasteiger partial charge in [-0.25, -0.2) is 12.8 Å². The van der Waals surface area contributed by atoms with E-state index in [-0.39, 0.29) is 16.6 Å². The zero-order chi connectivity index (χ0) is 20.1.